The fourth-order valence-corrected chi connectivity index (χ4v) is 1.91. The Morgan fingerprint density at radius 2 is 1.70 bits per heavy atom. The van der Waals surface area contributed by atoms with Gasteiger partial charge in [-0.3, -0.25) is 0 Å². The maximum absolute atomic E-state index is 9.10. The normalized spacial score (nSPS) is 16.6. The Morgan fingerprint density at radius 1 is 1.20 bits per heavy atom. The molecule has 1 aliphatic heterocycles. The van der Waals surface area contributed by atoms with E-state index < -0.39 is 11.9 Å². The highest BCUT2D eigenvalue weighted by atomic mass is 16.4. The summed E-state index contributed by atoms with van der Waals surface area (Å²) >= 11 is 0. The SMILES string of the molecule is CN(C)CCCNC1CCN(C)CC1.O=C(O)C(=O)O. The van der Waals surface area contributed by atoms with E-state index in [4.69, 9.17) is 19.8 Å². The zero-order valence-corrected chi connectivity index (χ0v) is 12.6. The Hall–Kier alpha value is -1.18. The van der Waals surface area contributed by atoms with Crippen LogP contribution >= 0.6 is 0 Å². The van der Waals surface area contributed by atoms with Gasteiger partial charge >= 0.3 is 11.9 Å². The third-order valence-electron chi connectivity index (χ3n) is 3.12. The van der Waals surface area contributed by atoms with Gasteiger partial charge in [-0.15, -0.1) is 0 Å². The molecule has 1 heterocycles. The van der Waals surface area contributed by atoms with Crippen molar-refractivity contribution in [2.75, 3.05) is 47.3 Å². The molecule has 20 heavy (non-hydrogen) atoms. The molecule has 1 saturated heterocycles. The molecular formula is C13H27N3O4. The Morgan fingerprint density at radius 3 is 2.10 bits per heavy atom. The zero-order valence-electron chi connectivity index (χ0n) is 12.6. The first-order valence-electron chi connectivity index (χ1n) is 6.85. The number of carboxylic acids is 2. The van der Waals surface area contributed by atoms with Gasteiger partial charge in [0.05, 0.1) is 0 Å². The van der Waals surface area contributed by atoms with E-state index >= 15 is 0 Å². The number of hydrogen-bond acceptors (Lipinski definition) is 5. The Balaban J connectivity index is 0.000000511. The Labute approximate surface area is 120 Å². The van der Waals surface area contributed by atoms with Crippen LogP contribution in [-0.2, 0) is 9.59 Å². The van der Waals surface area contributed by atoms with Gasteiger partial charge in [0.2, 0.25) is 0 Å². The molecule has 0 atom stereocenters. The maximum atomic E-state index is 9.10. The Bertz CT molecular complexity index is 277. The van der Waals surface area contributed by atoms with Crippen LogP contribution in [0.2, 0.25) is 0 Å². The topological polar surface area (TPSA) is 93.1 Å². The molecular weight excluding hydrogens is 262 g/mol. The number of piperidine rings is 1. The molecule has 7 nitrogen and oxygen atoms in total. The average molecular weight is 289 g/mol. The Kier molecular flexibility index (Phi) is 9.96. The lowest BCUT2D eigenvalue weighted by Gasteiger charge is -2.29. The summed E-state index contributed by atoms with van der Waals surface area (Å²) in [5, 5.41) is 18.4. The van der Waals surface area contributed by atoms with Gasteiger partial charge < -0.3 is 25.3 Å². The standard InChI is InChI=1S/C11H25N3.C2H2O4/c1-13(2)8-4-7-12-11-5-9-14(3)10-6-11;3-1(4)2(5)6/h11-12H,4-10H2,1-3H3;(H,3,4)(H,5,6). The van der Waals surface area contributed by atoms with E-state index in [1.54, 1.807) is 0 Å². The molecule has 118 valence electrons. The predicted octanol–water partition coefficient (Wildman–Crippen LogP) is -0.222. The number of carboxylic acid groups (broad SMARTS) is 2. The van der Waals surface area contributed by atoms with Gasteiger partial charge in [-0.1, -0.05) is 0 Å². The highest BCUT2D eigenvalue weighted by Gasteiger charge is 2.15. The van der Waals surface area contributed by atoms with Crippen molar-refractivity contribution in [2.24, 2.45) is 0 Å². The number of hydrogen-bond donors (Lipinski definition) is 3. The summed E-state index contributed by atoms with van der Waals surface area (Å²) in [4.78, 5) is 22.9. The van der Waals surface area contributed by atoms with E-state index in [9.17, 15) is 0 Å². The number of carbonyl (C=O) groups is 2. The minimum Gasteiger partial charge on any atom is -0.473 e. The molecule has 0 saturated carbocycles. The summed E-state index contributed by atoms with van der Waals surface area (Å²) in [6.45, 7) is 4.88. The summed E-state index contributed by atoms with van der Waals surface area (Å²) < 4.78 is 0. The van der Waals surface area contributed by atoms with Crippen LogP contribution in [0, 0.1) is 0 Å². The van der Waals surface area contributed by atoms with Crippen LogP contribution in [0.3, 0.4) is 0 Å². The van der Waals surface area contributed by atoms with Gasteiger partial charge in [0.1, 0.15) is 0 Å². The summed E-state index contributed by atoms with van der Waals surface area (Å²) in [5.74, 6) is -3.65. The van der Waals surface area contributed by atoms with Crippen LogP contribution < -0.4 is 5.32 Å². The molecule has 1 rings (SSSR count). The van der Waals surface area contributed by atoms with Crippen molar-refractivity contribution in [2.45, 2.75) is 25.3 Å². The molecule has 0 unspecified atom stereocenters. The molecule has 7 heteroatoms. The van der Waals surface area contributed by atoms with Gasteiger partial charge in [0, 0.05) is 6.04 Å². The fourth-order valence-electron chi connectivity index (χ4n) is 1.91. The first kappa shape index (κ1) is 18.8. The molecule has 0 aromatic carbocycles. The highest BCUT2D eigenvalue weighted by Crippen LogP contribution is 2.07. The molecule has 0 aliphatic carbocycles. The molecule has 1 fully saturated rings. The van der Waals surface area contributed by atoms with Crippen molar-refractivity contribution >= 4 is 11.9 Å². The van der Waals surface area contributed by atoms with Crippen LogP contribution in [-0.4, -0.2) is 85.3 Å². The first-order chi connectivity index (χ1) is 9.32. The van der Waals surface area contributed by atoms with Gasteiger partial charge in [-0.2, -0.15) is 0 Å². The lowest BCUT2D eigenvalue weighted by molar-refractivity contribution is -0.159. The van der Waals surface area contributed by atoms with Gasteiger partial charge in [0.15, 0.2) is 0 Å². The number of aliphatic carboxylic acids is 2. The minimum absolute atomic E-state index is 0.772. The molecule has 0 spiro atoms. The molecule has 1 aliphatic rings. The first-order valence-corrected chi connectivity index (χ1v) is 6.85. The van der Waals surface area contributed by atoms with Crippen LogP contribution in [0.25, 0.3) is 0 Å². The summed E-state index contributed by atoms with van der Waals surface area (Å²) in [5.41, 5.74) is 0. The highest BCUT2D eigenvalue weighted by molar-refractivity contribution is 6.27. The van der Waals surface area contributed by atoms with Crippen molar-refractivity contribution in [3.63, 3.8) is 0 Å². The average Bonchev–Trinajstić information content (AvgIpc) is 2.37. The molecule has 0 amide bonds. The molecule has 0 aromatic rings. The second kappa shape index (κ2) is 10.6. The zero-order chi connectivity index (χ0) is 15.5. The van der Waals surface area contributed by atoms with E-state index in [-0.39, 0.29) is 0 Å². The minimum atomic E-state index is -1.82. The van der Waals surface area contributed by atoms with E-state index in [1.807, 2.05) is 0 Å². The van der Waals surface area contributed by atoms with Crippen LogP contribution in [0.15, 0.2) is 0 Å². The number of nitrogens with zero attached hydrogens (tertiary/aromatic N) is 2. The third-order valence-corrected chi connectivity index (χ3v) is 3.12. The van der Waals surface area contributed by atoms with Crippen LogP contribution in [0.1, 0.15) is 19.3 Å². The second-order valence-electron chi connectivity index (χ2n) is 5.30. The summed E-state index contributed by atoms with van der Waals surface area (Å²) in [6.07, 6.45) is 3.90. The number of nitrogens with one attached hydrogen (secondary N) is 1. The quantitative estimate of drug-likeness (QED) is 0.476. The lowest BCUT2D eigenvalue weighted by atomic mass is 10.1. The van der Waals surface area contributed by atoms with Crippen molar-refractivity contribution in [3.8, 4) is 0 Å². The van der Waals surface area contributed by atoms with Gasteiger partial charge in [-0.25, -0.2) is 9.59 Å². The number of rotatable bonds is 5. The summed E-state index contributed by atoms with van der Waals surface area (Å²) in [7, 11) is 6.48. The summed E-state index contributed by atoms with van der Waals surface area (Å²) in [6, 6.07) is 0.772. The van der Waals surface area contributed by atoms with E-state index in [0.29, 0.717) is 0 Å². The van der Waals surface area contributed by atoms with E-state index in [0.717, 1.165) is 6.04 Å². The van der Waals surface area contributed by atoms with Crippen molar-refractivity contribution in [1.29, 1.82) is 0 Å². The van der Waals surface area contributed by atoms with Crippen LogP contribution in [0.5, 0.6) is 0 Å². The second-order valence-corrected chi connectivity index (χ2v) is 5.30. The van der Waals surface area contributed by atoms with E-state index in [2.05, 4.69) is 36.3 Å². The van der Waals surface area contributed by atoms with Crippen molar-refractivity contribution in [3.05, 3.63) is 0 Å². The molecule has 0 aromatic heterocycles. The van der Waals surface area contributed by atoms with Crippen molar-refractivity contribution < 1.29 is 19.8 Å². The fraction of sp³-hybridized carbons (Fsp3) is 0.846. The maximum Gasteiger partial charge on any atom is 0.414 e. The molecule has 0 bridgehead atoms. The smallest absolute Gasteiger partial charge is 0.414 e. The third kappa shape index (κ3) is 10.7. The van der Waals surface area contributed by atoms with E-state index in [1.165, 1.54) is 45.4 Å². The predicted molar refractivity (Wildman–Crippen MR) is 77.0 cm³/mol. The number of likely N-dealkylation sites (tertiary alicyclic amines) is 1. The van der Waals surface area contributed by atoms with Gasteiger partial charge in [0.25, 0.3) is 0 Å². The largest absolute Gasteiger partial charge is 0.473 e. The van der Waals surface area contributed by atoms with Crippen molar-refractivity contribution in [1.82, 2.24) is 15.1 Å². The molecule has 0 radical (unpaired) electrons. The lowest BCUT2D eigenvalue weighted by Crippen LogP contribution is -2.41. The van der Waals surface area contributed by atoms with Crippen LogP contribution in [0.4, 0.5) is 0 Å². The molecule has 3 N–H and O–H groups in total. The monoisotopic (exact) mass is 289 g/mol. The van der Waals surface area contributed by atoms with Gasteiger partial charge in [-0.05, 0) is 66.6 Å².